The Morgan fingerprint density at radius 2 is 2.04 bits per heavy atom. The third-order valence-corrected chi connectivity index (χ3v) is 4.11. The van der Waals surface area contributed by atoms with Gasteiger partial charge in [-0.1, -0.05) is 32.4 Å². The maximum absolute atomic E-state index is 12.0. The van der Waals surface area contributed by atoms with Crippen LogP contribution in [0.25, 0.3) is 0 Å². The molecule has 1 amide bonds. The number of halogens is 1. The molecule has 1 aliphatic carbocycles. The largest absolute Gasteiger partial charge is 0.357 e. The molecule has 0 radical (unpaired) electrons. The van der Waals surface area contributed by atoms with Crippen molar-refractivity contribution < 1.29 is 4.79 Å². The van der Waals surface area contributed by atoms with E-state index in [0.717, 1.165) is 43.1 Å². The van der Waals surface area contributed by atoms with Gasteiger partial charge in [0.1, 0.15) is 0 Å². The van der Waals surface area contributed by atoms with Gasteiger partial charge in [0.2, 0.25) is 5.91 Å². The molecule has 6 heteroatoms. The van der Waals surface area contributed by atoms with Crippen LogP contribution >= 0.6 is 24.0 Å². The Kier molecular flexibility index (Phi) is 9.85. The van der Waals surface area contributed by atoms with Crippen LogP contribution in [0.15, 0.2) is 29.3 Å². The van der Waals surface area contributed by atoms with Crippen LogP contribution in [0.5, 0.6) is 0 Å². The minimum atomic E-state index is 0. The van der Waals surface area contributed by atoms with Crippen LogP contribution in [0, 0.1) is 11.8 Å². The van der Waals surface area contributed by atoms with Crippen LogP contribution in [-0.2, 0) is 11.3 Å². The fourth-order valence-electron chi connectivity index (χ4n) is 2.48. The Labute approximate surface area is 168 Å². The van der Waals surface area contributed by atoms with Crippen molar-refractivity contribution in [3.05, 3.63) is 29.8 Å². The molecule has 1 aromatic carbocycles. The molecule has 1 fully saturated rings. The first-order chi connectivity index (χ1) is 11.6. The molecule has 0 saturated heterocycles. The molecule has 0 atom stereocenters. The Bertz CT molecular complexity index is 570. The normalized spacial score (nSPS) is 14.5. The number of aliphatic imine (C=N–C) groups is 1. The van der Waals surface area contributed by atoms with Gasteiger partial charge in [-0.15, -0.1) is 24.0 Å². The maximum atomic E-state index is 12.0. The quantitative estimate of drug-likeness (QED) is 0.331. The van der Waals surface area contributed by atoms with Crippen LogP contribution in [0.2, 0.25) is 0 Å². The molecular formula is C19H31IN4O. The lowest BCUT2D eigenvalue weighted by atomic mass is 9.85. The Morgan fingerprint density at radius 1 is 1.28 bits per heavy atom. The van der Waals surface area contributed by atoms with Gasteiger partial charge < -0.3 is 16.0 Å². The first-order valence-electron chi connectivity index (χ1n) is 9.00. The third kappa shape index (κ3) is 7.63. The number of amides is 1. The molecule has 0 aromatic heterocycles. The summed E-state index contributed by atoms with van der Waals surface area (Å²) < 4.78 is 0. The SMILES string of the molecule is CCNC(=NCc1cccc(NC(=O)C2CCC2)c1)NCC(C)C.I. The van der Waals surface area contributed by atoms with Gasteiger partial charge in [-0.2, -0.15) is 0 Å². The van der Waals surface area contributed by atoms with Crippen molar-refractivity contribution in [3.8, 4) is 0 Å². The highest BCUT2D eigenvalue weighted by Crippen LogP contribution is 2.27. The van der Waals surface area contributed by atoms with Crippen molar-refractivity contribution in [3.63, 3.8) is 0 Å². The van der Waals surface area contributed by atoms with Crippen molar-refractivity contribution in [2.24, 2.45) is 16.8 Å². The first kappa shape index (κ1) is 21.7. The first-order valence-corrected chi connectivity index (χ1v) is 9.00. The molecule has 0 spiro atoms. The molecular weight excluding hydrogens is 427 g/mol. The van der Waals surface area contributed by atoms with E-state index in [2.05, 4.69) is 41.7 Å². The lowest BCUT2D eigenvalue weighted by molar-refractivity contribution is -0.122. The zero-order valence-electron chi connectivity index (χ0n) is 15.5. The van der Waals surface area contributed by atoms with Crippen LogP contribution in [-0.4, -0.2) is 25.0 Å². The number of hydrogen-bond donors (Lipinski definition) is 3. The van der Waals surface area contributed by atoms with E-state index in [1.54, 1.807) is 0 Å². The molecule has 0 heterocycles. The third-order valence-electron chi connectivity index (χ3n) is 4.11. The molecule has 1 saturated carbocycles. The van der Waals surface area contributed by atoms with Crippen molar-refractivity contribution >= 4 is 41.5 Å². The smallest absolute Gasteiger partial charge is 0.227 e. The summed E-state index contributed by atoms with van der Waals surface area (Å²) in [5.74, 6) is 1.75. The second kappa shape index (κ2) is 11.3. The van der Waals surface area contributed by atoms with Crippen molar-refractivity contribution in [1.82, 2.24) is 10.6 Å². The number of rotatable bonds is 7. The van der Waals surface area contributed by atoms with E-state index in [1.165, 1.54) is 6.42 Å². The van der Waals surface area contributed by atoms with Gasteiger partial charge in [-0.25, -0.2) is 4.99 Å². The van der Waals surface area contributed by atoms with Gasteiger partial charge >= 0.3 is 0 Å². The number of carbonyl (C=O) groups excluding carboxylic acids is 1. The van der Waals surface area contributed by atoms with E-state index in [1.807, 2.05) is 24.3 Å². The second-order valence-corrected chi connectivity index (χ2v) is 6.79. The Balaban J connectivity index is 0.00000312. The van der Waals surface area contributed by atoms with Crippen LogP contribution in [0.3, 0.4) is 0 Å². The molecule has 0 bridgehead atoms. The Hall–Kier alpha value is -1.31. The Morgan fingerprint density at radius 3 is 2.64 bits per heavy atom. The molecule has 25 heavy (non-hydrogen) atoms. The second-order valence-electron chi connectivity index (χ2n) is 6.79. The molecule has 2 rings (SSSR count). The zero-order chi connectivity index (χ0) is 17.4. The molecule has 140 valence electrons. The van der Waals surface area contributed by atoms with E-state index in [4.69, 9.17) is 0 Å². The summed E-state index contributed by atoms with van der Waals surface area (Å²) in [6.07, 6.45) is 3.20. The number of benzene rings is 1. The number of nitrogens with zero attached hydrogens (tertiary/aromatic N) is 1. The molecule has 0 unspecified atom stereocenters. The van der Waals surface area contributed by atoms with E-state index in [9.17, 15) is 4.79 Å². The number of nitrogens with one attached hydrogen (secondary N) is 3. The van der Waals surface area contributed by atoms with E-state index in [-0.39, 0.29) is 35.8 Å². The predicted octanol–water partition coefficient (Wildman–Crippen LogP) is 3.75. The lowest BCUT2D eigenvalue weighted by Gasteiger charge is -2.24. The van der Waals surface area contributed by atoms with Gasteiger partial charge in [0.25, 0.3) is 0 Å². The fraction of sp³-hybridized carbons (Fsp3) is 0.579. The van der Waals surface area contributed by atoms with E-state index < -0.39 is 0 Å². The summed E-state index contributed by atoms with van der Waals surface area (Å²) in [7, 11) is 0. The molecule has 1 aromatic rings. The van der Waals surface area contributed by atoms with Gasteiger partial charge in [0.05, 0.1) is 6.54 Å². The summed E-state index contributed by atoms with van der Waals surface area (Å²) in [4.78, 5) is 16.7. The topological polar surface area (TPSA) is 65.5 Å². The van der Waals surface area contributed by atoms with Gasteiger partial charge in [-0.05, 0) is 43.4 Å². The van der Waals surface area contributed by atoms with Crippen LogP contribution < -0.4 is 16.0 Å². The highest BCUT2D eigenvalue weighted by atomic mass is 127. The monoisotopic (exact) mass is 458 g/mol. The number of hydrogen-bond acceptors (Lipinski definition) is 2. The highest BCUT2D eigenvalue weighted by Gasteiger charge is 2.25. The minimum Gasteiger partial charge on any atom is -0.357 e. The molecule has 0 aliphatic heterocycles. The van der Waals surface area contributed by atoms with Crippen molar-refractivity contribution in [2.45, 2.75) is 46.6 Å². The summed E-state index contributed by atoms with van der Waals surface area (Å²) in [6, 6.07) is 7.95. The van der Waals surface area contributed by atoms with Crippen LogP contribution in [0.1, 0.15) is 45.6 Å². The molecule has 1 aliphatic rings. The van der Waals surface area contributed by atoms with E-state index in [0.29, 0.717) is 12.5 Å². The number of anilines is 1. The average molecular weight is 458 g/mol. The summed E-state index contributed by atoms with van der Waals surface area (Å²) in [5, 5.41) is 9.61. The standard InChI is InChI=1S/C19H30N4O.HI/c1-4-20-19(21-12-14(2)3)22-13-15-7-5-10-17(11-15)23-18(24)16-8-6-9-16;/h5,7,10-11,14,16H,4,6,8-9,12-13H2,1-3H3,(H,23,24)(H2,20,21,22);1H. The summed E-state index contributed by atoms with van der Waals surface area (Å²) in [5.41, 5.74) is 1.95. The summed E-state index contributed by atoms with van der Waals surface area (Å²) >= 11 is 0. The predicted molar refractivity (Wildman–Crippen MR) is 115 cm³/mol. The highest BCUT2D eigenvalue weighted by molar-refractivity contribution is 14.0. The van der Waals surface area contributed by atoms with Gasteiger partial charge in [0, 0.05) is 24.7 Å². The zero-order valence-corrected chi connectivity index (χ0v) is 17.8. The van der Waals surface area contributed by atoms with Crippen LogP contribution in [0.4, 0.5) is 5.69 Å². The van der Waals surface area contributed by atoms with Crippen molar-refractivity contribution in [2.75, 3.05) is 18.4 Å². The number of guanidine groups is 1. The average Bonchev–Trinajstić information content (AvgIpc) is 2.48. The maximum Gasteiger partial charge on any atom is 0.227 e. The lowest BCUT2D eigenvalue weighted by Crippen LogP contribution is -2.39. The fourth-order valence-corrected chi connectivity index (χ4v) is 2.48. The van der Waals surface area contributed by atoms with Gasteiger partial charge in [0.15, 0.2) is 5.96 Å². The molecule has 5 nitrogen and oxygen atoms in total. The van der Waals surface area contributed by atoms with Crippen molar-refractivity contribution in [1.29, 1.82) is 0 Å². The molecule has 3 N–H and O–H groups in total. The summed E-state index contributed by atoms with van der Waals surface area (Å²) in [6.45, 7) is 8.71. The number of carbonyl (C=O) groups is 1. The van der Waals surface area contributed by atoms with E-state index >= 15 is 0 Å². The van der Waals surface area contributed by atoms with Gasteiger partial charge in [-0.3, -0.25) is 4.79 Å². The minimum absolute atomic E-state index is 0.